The van der Waals surface area contributed by atoms with Gasteiger partial charge in [0.2, 0.25) is 5.91 Å². The van der Waals surface area contributed by atoms with Crippen LogP contribution in [-0.4, -0.2) is 50.1 Å². The summed E-state index contributed by atoms with van der Waals surface area (Å²) in [5, 5.41) is 4.03. The maximum Gasteiger partial charge on any atom is 0.237 e. The summed E-state index contributed by atoms with van der Waals surface area (Å²) in [7, 11) is 3.59. The van der Waals surface area contributed by atoms with Crippen molar-refractivity contribution in [2.45, 2.75) is 56.7 Å². The van der Waals surface area contributed by atoms with E-state index in [-0.39, 0.29) is 5.91 Å². The number of methoxy groups -OCH3 is 1. The molecule has 3 aromatic rings. The van der Waals surface area contributed by atoms with E-state index in [9.17, 15) is 4.79 Å². The van der Waals surface area contributed by atoms with Gasteiger partial charge in [0.15, 0.2) is 0 Å². The molecule has 1 N–H and O–H groups in total. The zero-order valence-electron chi connectivity index (χ0n) is 23.0. The molecule has 5 heteroatoms. The number of nitrogens with one attached hydrogen (secondary N) is 1. The summed E-state index contributed by atoms with van der Waals surface area (Å²) in [4.78, 5) is 17.5. The van der Waals surface area contributed by atoms with Crippen LogP contribution in [-0.2, 0) is 16.8 Å². The Morgan fingerprint density at radius 3 is 2.13 bits per heavy atom. The normalized spacial score (nSPS) is 25.6. The summed E-state index contributed by atoms with van der Waals surface area (Å²) in [5.41, 5.74) is 5.23. The quantitative estimate of drug-likeness (QED) is 0.467. The lowest BCUT2D eigenvalue weighted by Gasteiger charge is -2.54. The molecule has 0 unspecified atom stereocenters. The van der Waals surface area contributed by atoms with E-state index in [1.165, 1.54) is 24.0 Å². The minimum atomic E-state index is -0.602. The molecule has 0 radical (unpaired) electrons. The molecule has 5 nitrogen and oxygen atoms in total. The van der Waals surface area contributed by atoms with Crippen LogP contribution in [0.1, 0.15) is 54.9 Å². The third kappa shape index (κ3) is 4.04. The number of fused-ring (bicyclic) bond motifs is 4. The predicted molar refractivity (Wildman–Crippen MR) is 153 cm³/mol. The van der Waals surface area contributed by atoms with Gasteiger partial charge in [-0.15, -0.1) is 0 Å². The molecular formula is C33H39N3O2. The van der Waals surface area contributed by atoms with Crippen LogP contribution in [0.25, 0.3) is 0 Å². The average molecular weight is 510 g/mol. The first-order valence-corrected chi connectivity index (χ1v) is 14.0. The van der Waals surface area contributed by atoms with Crippen LogP contribution < -0.4 is 15.0 Å². The second kappa shape index (κ2) is 9.87. The van der Waals surface area contributed by atoms with Gasteiger partial charge in [-0.05, 0) is 62.9 Å². The molecular weight excluding hydrogens is 470 g/mol. The van der Waals surface area contributed by atoms with Crippen molar-refractivity contribution >= 4 is 11.6 Å². The molecule has 0 saturated carbocycles. The number of anilines is 1. The van der Waals surface area contributed by atoms with Crippen LogP contribution in [0, 0.1) is 5.92 Å². The number of hydrogen-bond acceptors (Lipinski definition) is 4. The number of amides is 1. The zero-order chi connectivity index (χ0) is 26.4. The number of hydrogen-bond donors (Lipinski definition) is 1. The fourth-order valence-electron chi connectivity index (χ4n) is 7.43. The van der Waals surface area contributed by atoms with E-state index in [0.29, 0.717) is 30.5 Å². The van der Waals surface area contributed by atoms with Gasteiger partial charge >= 0.3 is 0 Å². The van der Waals surface area contributed by atoms with Crippen molar-refractivity contribution in [3.05, 3.63) is 95.1 Å². The topological polar surface area (TPSA) is 44.8 Å². The molecule has 3 fully saturated rings. The Labute approximate surface area is 226 Å². The third-order valence-electron chi connectivity index (χ3n) is 9.31. The van der Waals surface area contributed by atoms with Gasteiger partial charge in [-0.25, -0.2) is 0 Å². The number of rotatable bonds is 7. The number of nitrogens with zero attached hydrogens (tertiary/aromatic N) is 2. The largest absolute Gasteiger partial charge is 0.496 e. The monoisotopic (exact) mass is 509 g/mol. The number of benzene rings is 3. The van der Waals surface area contributed by atoms with E-state index < -0.39 is 5.41 Å². The van der Waals surface area contributed by atoms with E-state index in [0.717, 1.165) is 35.7 Å². The van der Waals surface area contributed by atoms with E-state index in [2.05, 4.69) is 83.0 Å². The summed E-state index contributed by atoms with van der Waals surface area (Å²) < 4.78 is 6.01. The van der Waals surface area contributed by atoms with Gasteiger partial charge in [0.1, 0.15) is 5.75 Å². The number of likely N-dealkylation sites (N-methyl/N-ethyl adjacent to an activating group) is 1. The van der Waals surface area contributed by atoms with Crippen LogP contribution in [0.4, 0.5) is 5.69 Å². The molecule has 4 aliphatic heterocycles. The van der Waals surface area contributed by atoms with Crippen LogP contribution in [0.15, 0.2) is 72.8 Å². The highest BCUT2D eigenvalue weighted by Gasteiger charge is 2.47. The van der Waals surface area contributed by atoms with Crippen LogP contribution in [0.3, 0.4) is 0 Å². The Bertz CT molecular complexity index is 1260. The second-order valence-corrected chi connectivity index (χ2v) is 11.7. The van der Waals surface area contributed by atoms with Crippen LogP contribution in [0.2, 0.25) is 0 Å². The first-order valence-electron chi connectivity index (χ1n) is 14.0. The molecule has 4 heterocycles. The van der Waals surface area contributed by atoms with E-state index in [4.69, 9.17) is 4.74 Å². The molecule has 38 heavy (non-hydrogen) atoms. The fraction of sp³-hybridized carbons (Fsp3) is 0.424. The minimum absolute atomic E-state index is 0.113. The molecule has 0 aromatic heterocycles. The van der Waals surface area contributed by atoms with Crippen molar-refractivity contribution < 1.29 is 9.53 Å². The van der Waals surface area contributed by atoms with E-state index in [1.54, 1.807) is 12.0 Å². The van der Waals surface area contributed by atoms with E-state index in [1.807, 2.05) is 20.9 Å². The predicted octanol–water partition coefficient (Wildman–Crippen LogP) is 5.33. The highest BCUT2D eigenvalue weighted by atomic mass is 16.5. The Morgan fingerprint density at radius 2 is 1.55 bits per heavy atom. The smallest absolute Gasteiger partial charge is 0.237 e. The van der Waals surface area contributed by atoms with Crippen molar-refractivity contribution in [2.75, 3.05) is 32.1 Å². The van der Waals surface area contributed by atoms with Crippen molar-refractivity contribution in [1.29, 1.82) is 0 Å². The summed E-state index contributed by atoms with van der Waals surface area (Å²) in [6.07, 6.45) is 2.47. The van der Waals surface area contributed by atoms with Crippen molar-refractivity contribution in [1.82, 2.24) is 10.2 Å². The van der Waals surface area contributed by atoms with Crippen LogP contribution in [0.5, 0.6) is 5.75 Å². The summed E-state index contributed by atoms with van der Waals surface area (Å²) in [6, 6.07) is 27.0. The molecule has 1 amide bonds. The average Bonchev–Trinajstić information content (AvgIpc) is 3.13. The Kier molecular flexibility index (Phi) is 6.53. The fourth-order valence-corrected chi connectivity index (χ4v) is 7.43. The van der Waals surface area contributed by atoms with Gasteiger partial charge in [0.25, 0.3) is 0 Å². The highest BCUT2D eigenvalue weighted by molar-refractivity contribution is 6.08. The van der Waals surface area contributed by atoms with E-state index >= 15 is 0 Å². The van der Waals surface area contributed by atoms with Gasteiger partial charge in [0.05, 0.1) is 18.2 Å². The Morgan fingerprint density at radius 1 is 0.947 bits per heavy atom. The third-order valence-corrected chi connectivity index (χ3v) is 9.31. The molecule has 3 saturated heterocycles. The molecule has 3 aromatic carbocycles. The molecule has 198 valence electrons. The van der Waals surface area contributed by atoms with Crippen molar-refractivity contribution in [3.8, 4) is 5.75 Å². The Balaban J connectivity index is 1.35. The molecule has 0 aliphatic carbocycles. The van der Waals surface area contributed by atoms with Gasteiger partial charge in [-0.1, -0.05) is 66.7 Å². The number of piperidine rings is 3. The summed E-state index contributed by atoms with van der Waals surface area (Å²) >= 11 is 0. The SMILES string of the molecule is COc1c(CN[C@H]2C3CCN(CC3)[C@H]2C(c2ccccc2)c2ccccc2)ccc2c1C(C)(C)C(=O)N2C. The van der Waals surface area contributed by atoms with Crippen LogP contribution >= 0.6 is 0 Å². The lowest BCUT2D eigenvalue weighted by Crippen LogP contribution is -2.64. The molecule has 2 bridgehead atoms. The van der Waals surface area contributed by atoms with Gasteiger partial charge in [0, 0.05) is 42.7 Å². The highest BCUT2D eigenvalue weighted by Crippen LogP contribution is 2.48. The number of carbonyl (C=O) groups is 1. The standard InChI is InChI=1S/C33H39N3O2/c1-33(2)28-26(35(3)32(33)37)16-15-25(31(28)38-4)21-34-29-24-17-19-36(20-18-24)30(29)27(22-11-7-5-8-12-22)23-13-9-6-10-14-23/h5-16,24,27,29-30,34H,17-21H2,1-4H3/t29-,30-/m0/s1. The summed E-state index contributed by atoms with van der Waals surface area (Å²) in [6.45, 7) is 7.05. The number of ether oxygens (including phenoxy) is 1. The lowest BCUT2D eigenvalue weighted by molar-refractivity contribution is -0.121. The number of carbonyl (C=O) groups excluding carboxylic acids is 1. The van der Waals surface area contributed by atoms with Crippen molar-refractivity contribution in [3.63, 3.8) is 0 Å². The molecule has 2 atom stereocenters. The summed E-state index contributed by atoms with van der Waals surface area (Å²) in [5.74, 6) is 1.90. The Hall–Kier alpha value is -3.15. The first kappa shape index (κ1) is 25.1. The lowest BCUT2D eigenvalue weighted by atomic mass is 9.70. The maximum absolute atomic E-state index is 13.0. The molecule has 4 aliphatic rings. The second-order valence-electron chi connectivity index (χ2n) is 11.7. The minimum Gasteiger partial charge on any atom is -0.496 e. The van der Waals surface area contributed by atoms with Crippen molar-refractivity contribution in [2.24, 2.45) is 5.92 Å². The van der Waals surface area contributed by atoms with Gasteiger partial charge in [-0.2, -0.15) is 0 Å². The maximum atomic E-state index is 13.0. The zero-order valence-corrected chi connectivity index (χ0v) is 23.0. The molecule has 0 spiro atoms. The van der Waals surface area contributed by atoms with Gasteiger partial charge in [-0.3, -0.25) is 9.69 Å². The van der Waals surface area contributed by atoms with Gasteiger partial charge < -0.3 is 15.0 Å². The first-order chi connectivity index (χ1) is 18.4. The molecule has 7 rings (SSSR count).